The summed E-state index contributed by atoms with van der Waals surface area (Å²) in [6.07, 6.45) is 13.1. The summed E-state index contributed by atoms with van der Waals surface area (Å²) < 4.78 is 0. The van der Waals surface area contributed by atoms with Crippen LogP contribution in [0.2, 0.25) is 0 Å². The summed E-state index contributed by atoms with van der Waals surface area (Å²) in [5.41, 5.74) is 0.900. The SMILES string of the molecule is CNC(=O)c1cnn(CC(=O)[C@H]2CCC3C4CCC5CC(C)CCC5(C)C4CCC32C)n1. The Hall–Kier alpha value is -1.72. The van der Waals surface area contributed by atoms with Gasteiger partial charge < -0.3 is 5.32 Å². The number of carbonyl (C=O) groups is 2. The summed E-state index contributed by atoms with van der Waals surface area (Å²) >= 11 is 0. The lowest BCUT2D eigenvalue weighted by atomic mass is 9.44. The van der Waals surface area contributed by atoms with Gasteiger partial charge in [0, 0.05) is 13.0 Å². The summed E-state index contributed by atoms with van der Waals surface area (Å²) in [7, 11) is 1.57. The first-order valence-electron chi connectivity index (χ1n) is 12.9. The van der Waals surface area contributed by atoms with Crippen LogP contribution >= 0.6 is 0 Å². The molecule has 1 heterocycles. The number of amides is 1. The van der Waals surface area contributed by atoms with Crippen LogP contribution in [-0.4, -0.2) is 33.7 Å². The fraction of sp³-hybridized carbons (Fsp3) is 0.846. The van der Waals surface area contributed by atoms with E-state index in [1.807, 2.05) is 0 Å². The normalized spacial score (nSPS) is 43.1. The molecule has 1 N–H and O–H groups in total. The van der Waals surface area contributed by atoms with E-state index in [1.54, 1.807) is 7.05 Å². The maximum atomic E-state index is 13.4. The minimum absolute atomic E-state index is 0.0970. The third kappa shape index (κ3) is 3.35. The first-order valence-corrected chi connectivity index (χ1v) is 12.9. The molecular weight excluding hydrogens is 400 g/mol. The zero-order valence-electron chi connectivity index (χ0n) is 20.3. The van der Waals surface area contributed by atoms with Crippen LogP contribution in [0.5, 0.6) is 0 Å². The molecule has 4 saturated carbocycles. The Morgan fingerprint density at radius 2 is 1.81 bits per heavy atom. The number of rotatable bonds is 4. The predicted octanol–water partition coefficient (Wildman–Crippen LogP) is 4.50. The third-order valence-corrected chi connectivity index (χ3v) is 10.6. The van der Waals surface area contributed by atoms with Crippen molar-refractivity contribution >= 4 is 11.7 Å². The summed E-state index contributed by atoms with van der Waals surface area (Å²) in [4.78, 5) is 26.6. The van der Waals surface area contributed by atoms with Crippen LogP contribution in [0.1, 0.15) is 89.0 Å². The maximum absolute atomic E-state index is 13.4. The fourth-order valence-electron chi connectivity index (χ4n) is 8.86. The minimum atomic E-state index is -0.267. The molecule has 6 nitrogen and oxygen atoms in total. The van der Waals surface area contributed by atoms with Gasteiger partial charge in [-0.25, -0.2) is 0 Å². The molecular formula is C26H40N4O2. The van der Waals surface area contributed by atoms with Crippen molar-refractivity contribution in [3.05, 3.63) is 11.9 Å². The number of nitrogens with one attached hydrogen (secondary N) is 1. The van der Waals surface area contributed by atoms with Gasteiger partial charge in [-0.1, -0.05) is 27.2 Å². The van der Waals surface area contributed by atoms with Crippen molar-refractivity contribution in [1.82, 2.24) is 20.3 Å². The van der Waals surface area contributed by atoms with E-state index in [9.17, 15) is 9.59 Å². The van der Waals surface area contributed by atoms with Gasteiger partial charge in [0.2, 0.25) is 0 Å². The second-order valence-corrected chi connectivity index (χ2v) is 12.0. The molecule has 1 aromatic heterocycles. The van der Waals surface area contributed by atoms with Crippen LogP contribution < -0.4 is 5.32 Å². The molecule has 1 aromatic rings. The van der Waals surface area contributed by atoms with Gasteiger partial charge in [0.05, 0.1) is 6.20 Å². The molecule has 4 fully saturated rings. The molecule has 5 rings (SSSR count). The van der Waals surface area contributed by atoms with Crippen molar-refractivity contribution < 1.29 is 9.59 Å². The summed E-state index contributed by atoms with van der Waals surface area (Å²) in [6.45, 7) is 7.65. The van der Waals surface area contributed by atoms with Crippen LogP contribution in [0.15, 0.2) is 6.20 Å². The highest BCUT2D eigenvalue weighted by Gasteiger charge is 2.60. The van der Waals surface area contributed by atoms with Gasteiger partial charge in [0.1, 0.15) is 6.54 Å². The van der Waals surface area contributed by atoms with E-state index in [2.05, 4.69) is 36.3 Å². The Morgan fingerprint density at radius 1 is 1.06 bits per heavy atom. The van der Waals surface area contributed by atoms with E-state index in [-0.39, 0.29) is 35.3 Å². The van der Waals surface area contributed by atoms with Crippen molar-refractivity contribution in [2.24, 2.45) is 46.3 Å². The second kappa shape index (κ2) is 7.95. The van der Waals surface area contributed by atoms with Gasteiger partial charge in [0.15, 0.2) is 11.5 Å². The smallest absolute Gasteiger partial charge is 0.273 e. The molecule has 0 bridgehead atoms. The van der Waals surface area contributed by atoms with E-state index in [0.717, 1.165) is 30.1 Å². The Bertz CT molecular complexity index is 896. The van der Waals surface area contributed by atoms with E-state index >= 15 is 0 Å². The van der Waals surface area contributed by atoms with Crippen molar-refractivity contribution in [2.75, 3.05) is 7.05 Å². The van der Waals surface area contributed by atoms with Gasteiger partial charge in [-0.15, -0.1) is 5.10 Å². The van der Waals surface area contributed by atoms with E-state index in [1.165, 1.54) is 62.4 Å². The number of hydrogen-bond donors (Lipinski definition) is 1. The molecule has 8 atom stereocenters. The molecule has 32 heavy (non-hydrogen) atoms. The molecule has 1 amide bonds. The largest absolute Gasteiger partial charge is 0.354 e. The highest BCUT2D eigenvalue weighted by Crippen LogP contribution is 2.67. The number of Topliss-reactive ketones (excluding diaryl/α,β-unsaturated/α-hetero) is 1. The average molecular weight is 441 g/mol. The topological polar surface area (TPSA) is 76.9 Å². The van der Waals surface area contributed by atoms with Gasteiger partial charge in [-0.2, -0.15) is 9.90 Å². The van der Waals surface area contributed by atoms with Crippen molar-refractivity contribution in [1.29, 1.82) is 0 Å². The Morgan fingerprint density at radius 3 is 2.59 bits per heavy atom. The monoisotopic (exact) mass is 440 g/mol. The summed E-state index contributed by atoms with van der Waals surface area (Å²) in [6, 6.07) is 0. The zero-order chi connectivity index (χ0) is 22.7. The zero-order valence-corrected chi connectivity index (χ0v) is 20.3. The highest BCUT2D eigenvalue weighted by atomic mass is 16.2. The maximum Gasteiger partial charge on any atom is 0.273 e. The molecule has 0 saturated heterocycles. The molecule has 176 valence electrons. The molecule has 7 unspecified atom stereocenters. The summed E-state index contributed by atoms with van der Waals surface area (Å²) in [5.74, 6) is 4.21. The molecule has 4 aliphatic rings. The highest BCUT2D eigenvalue weighted by molar-refractivity contribution is 5.91. The van der Waals surface area contributed by atoms with Crippen molar-refractivity contribution in [2.45, 2.75) is 85.1 Å². The van der Waals surface area contributed by atoms with Crippen molar-refractivity contribution in [3.8, 4) is 0 Å². The van der Waals surface area contributed by atoms with Gasteiger partial charge in [-0.3, -0.25) is 9.59 Å². The van der Waals surface area contributed by atoms with Crippen LogP contribution in [0, 0.1) is 46.3 Å². The number of hydrogen-bond acceptors (Lipinski definition) is 4. The molecule has 6 heteroatoms. The molecule has 0 radical (unpaired) electrons. The first kappa shape index (κ1) is 22.1. The van der Waals surface area contributed by atoms with Gasteiger partial charge in [-0.05, 0) is 91.8 Å². The average Bonchev–Trinajstić information content (AvgIpc) is 3.37. The molecule has 0 aromatic carbocycles. The van der Waals surface area contributed by atoms with Crippen molar-refractivity contribution in [3.63, 3.8) is 0 Å². The standard InChI is InChI=1S/C26H40N4O2/c1-16-9-11-25(2)17(13-16)5-6-18-19-7-8-21(26(19,3)12-10-20(18)25)23(31)15-30-28-14-22(29-30)24(32)27-4/h14,16-21H,5-13,15H2,1-4H3,(H,27,32)/t16?,17?,18?,19?,20?,21-,25?,26?/m1/s1. The van der Waals surface area contributed by atoms with Crippen LogP contribution in [0.3, 0.4) is 0 Å². The van der Waals surface area contributed by atoms with Crippen LogP contribution in [0.25, 0.3) is 0 Å². The van der Waals surface area contributed by atoms with Gasteiger partial charge >= 0.3 is 0 Å². The van der Waals surface area contributed by atoms with Crippen LogP contribution in [0.4, 0.5) is 0 Å². The fourth-order valence-corrected chi connectivity index (χ4v) is 8.86. The predicted molar refractivity (Wildman–Crippen MR) is 123 cm³/mol. The Labute approximate surface area is 192 Å². The van der Waals surface area contributed by atoms with Gasteiger partial charge in [0.25, 0.3) is 5.91 Å². The van der Waals surface area contributed by atoms with E-state index in [0.29, 0.717) is 11.3 Å². The summed E-state index contributed by atoms with van der Waals surface area (Å²) in [5, 5.41) is 10.9. The van der Waals surface area contributed by atoms with E-state index in [4.69, 9.17) is 0 Å². The second-order valence-electron chi connectivity index (χ2n) is 12.0. The van der Waals surface area contributed by atoms with E-state index < -0.39 is 0 Å². The minimum Gasteiger partial charge on any atom is -0.354 e. The number of ketones is 1. The lowest BCUT2D eigenvalue weighted by Gasteiger charge is -2.61. The number of nitrogens with zero attached hydrogens (tertiary/aromatic N) is 3. The first-order chi connectivity index (χ1) is 15.3. The number of aromatic nitrogens is 3. The lowest BCUT2D eigenvalue weighted by molar-refractivity contribution is -0.137. The van der Waals surface area contributed by atoms with Crippen LogP contribution in [-0.2, 0) is 11.3 Å². The molecule has 4 aliphatic carbocycles. The lowest BCUT2D eigenvalue weighted by Crippen LogP contribution is -2.53. The Balaban J connectivity index is 1.31. The Kier molecular flexibility index (Phi) is 5.49. The molecule has 0 spiro atoms. The molecule has 0 aliphatic heterocycles. The number of fused-ring (bicyclic) bond motifs is 5. The third-order valence-electron chi connectivity index (χ3n) is 10.6. The number of carbonyl (C=O) groups excluding carboxylic acids is 2. The quantitative estimate of drug-likeness (QED) is 0.748.